The highest BCUT2D eigenvalue weighted by atomic mass is 19.1. The molecule has 1 saturated heterocycles. The second-order valence-electron chi connectivity index (χ2n) is 7.50. The van der Waals surface area contributed by atoms with Gasteiger partial charge >= 0.3 is 0 Å². The van der Waals surface area contributed by atoms with Gasteiger partial charge in [-0.15, -0.1) is 0 Å². The van der Waals surface area contributed by atoms with E-state index in [9.17, 15) is 14.4 Å². The van der Waals surface area contributed by atoms with Gasteiger partial charge in [-0.2, -0.15) is 5.26 Å². The van der Waals surface area contributed by atoms with Crippen LogP contribution in [0.15, 0.2) is 48.7 Å². The molecule has 158 valence electrons. The van der Waals surface area contributed by atoms with Gasteiger partial charge in [-0.05, 0) is 62.2 Å². The van der Waals surface area contributed by atoms with Crippen LogP contribution in [0.1, 0.15) is 25.3 Å². The molecule has 0 aliphatic carbocycles. The lowest BCUT2D eigenvalue weighted by molar-refractivity contribution is -0.120. The molecule has 1 amide bonds. The van der Waals surface area contributed by atoms with E-state index in [0.717, 1.165) is 22.3 Å². The summed E-state index contributed by atoms with van der Waals surface area (Å²) < 4.78 is 18.7. The molecule has 2 heterocycles. The molecule has 0 atom stereocenters. The lowest BCUT2D eigenvalue weighted by Crippen LogP contribution is -2.38. The van der Waals surface area contributed by atoms with Gasteiger partial charge < -0.3 is 15.0 Å². The number of piperidine rings is 1. The molecular weight excluding hydrogens is 395 g/mol. The molecule has 0 saturated carbocycles. The van der Waals surface area contributed by atoms with E-state index in [4.69, 9.17) is 4.74 Å². The van der Waals surface area contributed by atoms with Crippen LogP contribution < -0.4 is 15.0 Å². The predicted octanol–water partition coefficient (Wildman–Crippen LogP) is 4.50. The third-order valence-corrected chi connectivity index (χ3v) is 5.54. The molecule has 0 bridgehead atoms. The Bertz CT molecular complexity index is 1130. The van der Waals surface area contributed by atoms with Gasteiger partial charge in [0.25, 0.3) is 0 Å². The Morgan fingerprint density at radius 1 is 1.26 bits per heavy atom. The van der Waals surface area contributed by atoms with Crippen molar-refractivity contribution in [2.24, 2.45) is 5.92 Å². The molecule has 0 unspecified atom stereocenters. The van der Waals surface area contributed by atoms with Crippen molar-refractivity contribution in [1.29, 1.82) is 5.26 Å². The summed E-state index contributed by atoms with van der Waals surface area (Å²) in [7, 11) is 0. The number of hydrogen-bond acceptors (Lipinski definition) is 5. The number of carbonyl (C=O) groups excluding carboxylic acids is 1. The van der Waals surface area contributed by atoms with Crippen LogP contribution in [0.5, 0.6) is 5.75 Å². The molecule has 7 heteroatoms. The lowest BCUT2D eigenvalue weighted by atomic mass is 9.94. The summed E-state index contributed by atoms with van der Waals surface area (Å²) in [6.45, 7) is 3.78. The van der Waals surface area contributed by atoms with Crippen molar-refractivity contribution in [3.05, 3.63) is 60.0 Å². The lowest BCUT2D eigenvalue weighted by Gasteiger charge is -2.34. The largest absolute Gasteiger partial charge is 0.494 e. The topological polar surface area (TPSA) is 78.2 Å². The number of ether oxygens (including phenoxy) is 1. The Morgan fingerprint density at radius 3 is 2.68 bits per heavy atom. The number of nitrogens with zero attached hydrogens (tertiary/aromatic N) is 3. The second kappa shape index (κ2) is 9.00. The van der Waals surface area contributed by atoms with Gasteiger partial charge in [0.15, 0.2) is 0 Å². The van der Waals surface area contributed by atoms with Gasteiger partial charge in [-0.25, -0.2) is 4.39 Å². The smallest absolute Gasteiger partial charge is 0.227 e. The first-order valence-corrected chi connectivity index (χ1v) is 10.4. The zero-order valence-corrected chi connectivity index (χ0v) is 17.3. The van der Waals surface area contributed by atoms with E-state index in [-0.39, 0.29) is 17.6 Å². The number of rotatable bonds is 5. The molecule has 1 aliphatic rings. The fourth-order valence-electron chi connectivity index (χ4n) is 3.98. The zero-order chi connectivity index (χ0) is 21.8. The average Bonchev–Trinajstić information content (AvgIpc) is 2.80. The molecular formula is C24H23FN4O2. The van der Waals surface area contributed by atoms with Crippen LogP contribution in [-0.4, -0.2) is 30.6 Å². The highest BCUT2D eigenvalue weighted by Crippen LogP contribution is 2.34. The standard InChI is InChI=1S/C24H23FN4O2/c1-2-31-20-7-8-22-21(13-20)23(17(14-26)15-27-22)29-11-9-16(10-12-29)24(30)28-19-5-3-18(25)4-6-19/h3-8,13,15-16H,2,9-12H2,1H3,(H,28,30). The van der Waals surface area contributed by atoms with Gasteiger partial charge in [0.1, 0.15) is 17.6 Å². The first kappa shape index (κ1) is 20.6. The van der Waals surface area contributed by atoms with E-state index in [2.05, 4.69) is 21.3 Å². The maximum atomic E-state index is 13.1. The average molecular weight is 418 g/mol. The number of fused-ring (bicyclic) bond motifs is 1. The van der Waals surface area contributed by atoms with Crippen molar-refractivity contribution in [3.63, 3.8) is 0 Å². The molecule has 2 aromatic carbocycles. The van der Waals surface area contributed by atoms with Gasteiger partial charge in [0.05, 0.1) is 23.4 Å². The third-order valence-electron chi connectivity index (χ3n) is 5.54. The molecule has 1 N–H and O–H groups in total. The van der Waals surface area contributed by atoms with E-state index >= 15 is 0 Å². The number of hydrogen-bond donors (Lipinski definition) is 1. The second-order valence-corrected chi connectivity index (χ2v) is 7.50. The van der Waals surface area contributed by atoms with Crippen molar-refractivity contribution in [2.75, 3.05) is 29.9 Å². The van der Waals surface area contributed by atoms with Gasteiger partial charge in [-0.1, -0.05) is 0 Å². The minimum Gasteiger partial charge on any atom is -0.494 e. The Kier molecular flexibility index (Phi) is 5.99. The predicted molar refractivity (Wildman–Crippen MR) is 118 cm³/mol. The number of nitriles is 1. The fraction of sp³-hybridized carbons (Fsp3) is 0.292. The number of anilines is 2. The van der Waals surface area contributed by atoms with E-state index < -0.39 is 0 Å². The minimum atomic E-state index is -0.336. The molecule has 6 nitrogen and oxygen atoms in total. The summed E-state index contributed by atoms with van der Waals surface area (Å²) in [6.07, 6.45) is 2.92. The number of aromatic nitrogens is 1. The van der Waals surface area contributed by atoms with Crippen LogP contribution in [0.3, 0.4) is 0 Å². The normalized spacial score (nSPS) is 14.3. The Morgan fingerprint density at radius 2 is 2.00 bits per heavy atom. The maximum absolute atomic E-state index is 13.1. The molecule has 0 radical (unpaired) electrons. The highest BCUT2D eigenvalue weighted by Gasteiger charge is 2.27. The van der Waals surface area contributed by atoms with Crippen molar-refractivity contribution in [3.8, 4) is 11.8 Å². The molecule has 3 aromatic rings. The third kappa shape index (κ3) is 4.43. The summed E-state index contributed by atoms with van der Waals surface area (Å²) in [5, 5.41) is 13.4. The molecule has 1 aromatic heterocycles. The van der Waals surface area contributed by atoms with Gasteiger partial charge in [0, 0.05) is 36.3 Å². The Hall–Kier alpha value is -3.66. The van der Waals surface area contributed by atoms with Crippen molar-refractivity contribution >= 4 is 28.2 Å². The fourth-order valence-corrected chi connectivity index (χ4v) is 3.98. The summed E-state index contributed by atoms with van der Waals surface area (Å²) in [6, 6.07) is 13.7. The number of nitrogens with one attached hydrogen (secondary N) is 1. The molecule has 1 aliphatic heterocycles. The number of amides is 1. The van der Waals surface area contributed by atoms with Crippen LogP contribution in [0.4, 0.5) is 15.8 Å². The Labute approximate surface area is 180 Å². The quantitative estimate of drug-likeness (QED) is 0.660. The number of carbonyl (C=O) groups is 1. The maximum Gasteiger partial charge on any atom is 0.227 e. The highest BCUT2D eigenvalue weighted by molar-refractivity contribution is 5.96. The molecule has 0 spiro atoms. The SMILES string of the molecule is CCOc1ccc2ncc(C#N)c(N3CCC(C(=O)Nc4ccc(F)cc4)CC3)c2c1. The van der Waals surface area contributed by atoms with Gasteiger partial charge in [-0.3, -0.25) is 9.78 Å². The molecule has 31 heavy (non-hydrogen) atoms. The van der Waals surface area contributed by atoms with Crippen LogP contribution in [0, 0.1) is 23.1 Å². The van der Waals surface area contributed by atoms with Crippen molar-refractivity contribution < 1.29 is 13.9 Å². The zero-order valence-electron chi connectivity index (χ0n) is 17.3. The number of pyridine rings is 1. The molecule has 4 rings (SSSR count). The van der Waals surface area contributed by atoms with Gasteiger partial charge in [0.2, 0.25) is 5.91 Å². The summed E-state index contributed by atoms with van der Waals surface area (Å²) in [5.74, 6) is 0.197. The monoisotopic (exact) mass is 418 g/mol. The van der Waals surface area contributed by atoms with Crippen LogP contribution in [0.25, 0.3) is 10.9 Å². The van der Waals surface area contributed by atoms with E-state index in [1.165, 1.54) is 12.1 Å². The van der Waals surface area contributed by atoms with E-state index in [1.807, 2.05) is 25.1 Å². The van der Waals surface area contributed by atoms with E-state index in [1.54, 1.807) is 18.3 Å². The summed E-state index contributed by atoms with van der Waals surface area (Å²) >= 11 is 0. The minimum absolute atomic E-state index is 0.0648. The Balaban J connectivity index is 1.52. The van der Waals surface area contributed by atoms with E-state index in [0.29, 0.717) is 43.8 Å². The molecule has 1 fully saturated rings. The number of halogens is 1. The van der Waals surface area contributed by atoms with Crippen LogP contribution in [-0.2, 0) is 4.79 Å². The summed E-state index contributed by atoms with van der Waals surface area (Å²) in [4.78, 5) is 19.2. The van der Waals surface area contributed by atoms with Crippen molar-refractivity contribution in [1.82, 2.24) is 4.98 Å². The number of benzene rings is 2. The first-order valence-electron chi connectivity index (χ1n) is 10.4. The van der Waals surface area contributed by atoms with Crippen LogP contribution >= 0.6 is 0 Å². The first-order chi connectivity index (χ1) is 15.1. The van der Waals surface area contributed by atoms with Crippen LogP contribution in [0.2, 0.25) is 0 Å². The van der Waals surface area contributed by atoms with Crippen molar-refractivity contribution in [2.45, 2.75) is 19.8 Å². The summed E-state index contributed by atoms with van der Waals surface area (Å²) in [5.41, 5.74) is 2.74.